The van der Waals surface area contributed by atoms with Gasteiger partial charge in [-0.15, -0.1) is 0 Å². The summed E-state index contributed by atoms with van der Waals surface area (Å²) in [4.78, 5) is 4.26. The summed E-state index contributed by atoms with van der Waals surface area (Å²) < 4.78 is 73.9. The molecule has 4 rings (SSSR count). The number of sulfone groups is 1. The second kappa shape index (κ2) is 8.03. The van der Waals surface area contributed by atoms with Gasteiger partial charge in [-0.1, -0.05) is 18.6 Å². The van der Waals surface area contributed by atoms with E-state index in [1.165, 1.54) is 24.3 Å². The van der Waals surface area contributed by atoms with Gasteiger partial charge in [0.05, 0.1) is 16.2 Å². The Hall–Kier alpha value is -3.24. The van der Waals surface area contributed by atoms with Crippen molar-refractivity contribution in [2.75, 3.05) is 5.75 Å². The van der Waals surface area contributed by atoms with Gasteiger partial charge in [-0.2, -0.15) is 8.42 Å². The molecule has 166 valence electrons. The third-order valence-corrected chi connectivity index (χ3v) is 7.75. The SMILES string of the molecule is CCS(=O)(=O)c1ccc2oc(-c3cc(C)ccc3OS(=O)(=O)c3ccc(F)cc3)nc2c1. The van der Waals surface area contributed by atoms with Gasteiger partial charge in [0.25, 0.3) is 0 Å². The Morgan fingerprint density at radius 3 is 2.31 bits per heavy atom. The topological polar surface area (TPSA) is 104 Å². The summed E-state index contributed by atoms with van der Waals surface area (Å²) in [6.45, 7) is 3.35. The van der Waals surface area contributed by atoms with Crippen molar-refractivity contribution in [2.24, 2.45) is 0 Å². The predicted molar refractivity (Wildman–Crippen MR) is 116 cm³/mol. The van der Waals surface area contributed by atoms with Gasteiger partial charge in [-0.25, -0.2) is 17.8 Å². The van der Waals surface area contributed by atoms with Gasteiger partial charge >= 0.3 is 10.1 Å². The summed E-state index contributed by atoms with van der Waals surface area (Å²) in [5.74, 6) is -0.594. The van der Waals surface area contributed by atoms with Crippen LogP contribution in [0.5, 0.6) is 5.75 Å². The zero-order chi connectivity index (χ0) is 23.1. The molecule has 0 aliphatic carbocycles. The van der Waals surface area contributed by atoms with Crippen molar-refractivity contribution in [1.29, 1.82) is 0 Å². The molecule has 0 unspecified atom stereocenters. The van der Waals surface area contributed by atoms with Crippen molar-refractivity contribution >= 4 is 31.1 Å². The van der Waals surface area contributed by atoms with Crippen molar-refractivity contribution in [1.82, 2.24) is 4.98 Å². The smallest absolute Gasteiger partial charge is 0.339 e. The first-order valence-electron chi connectivity index (χ1n) is 9.53. The normalized spacial score (nSPS) is 12.2. The highest BCUT2D eigenvalue weighted by molar-refractivity contribution is 7.91. The van der Waals surface area contributed by atoms with Crippen molar-refractivity contribution in [3.8, 4) is 17.2 Å². The molecule has 32 heavy (non-hydrogen) atoms. The molecule has 0 bridgehead atoms. The molecular weight excluding hydrogens is 457 g/mol. The Morgan fingerprint density at radius 2 is 1.62 bits per heavy atom. The number of halogens is 1. The van der Waals surface area contributed by atoms with Crippen molar-refractivity contribution in [2.45, 2.75) is 23.6 Å². The summed E-state index contributed by atoms with van der Waals surface area (Å²) >= 11 is 0. The van der Waals surface area contributed by atoms with E-state index >= 15 is 0 Å². The first-order valence-corrected chi connectivity index (χ1v) is 12.6. The maximum absolute atomic E-state index is 13.2. The summed E-state index contributed by atoms with van der Waals surface area (Å²) in [7, 11) is -7.68. The minimum atomic E-state index is -4.25. The van der Waals surface area contributed by atoms with E-state index in [-0.39, 0.29) is 32.7 Å². The Balaban J connectivity index is 1.78. The third kappa shape index (κ3) is 4.23. The second-order valence-corrected chi connectivity index (χ2v) is 10.9. The average Bonchev–Trinajstić information content (AvgIpc) is 3.18. The first kappa shape index (κ1) is 22.0. The molecule has 0 aliphatic rings. The van der Waals surface area contributed by atoms with Crippen LogP contribution in [0.4, 0.5) is 4.39 Å². The van der Waals surface area contributed by atoms with Crippen molar-refractivity contribution in [3.05, 3.63) is 72.0 Å². The largest absolute Gasteiger partial charge is 0.436 e. The van der Waals surface area contributed by atoms with E-state index in [0.29, 0.717) is 11.1 Å². The van der Waals surface area contributed by atoms with Crippen LogP contribution in [0.2, 0.25) is 0 Å². The minimum absolute atomic E-state index is 0.0344. The lowest BCUT2D eigenvalue weighted by Crippen LogP contribution is -2.10. The van der Waals surface area contributed by atoms with Crippen LogP contribution in [0.1, 0.15) is 12.5 Å². The number of nitrogens with zero attached hydrogens (tertiary/aromatic N) is 1. The molecule has 0 saturated carbocycles. The van der Waals surface area contributed by atoms with Crippen molar-refractivity contribution < 1.29 is 29.8 Å². The van der Waals surface area contributed by atoms with Crippen LogP contribution in [-0.4, -0.2) is 27.6 Å². The Labute approximate surface area is 184 Å². The van der Waals surface area contributed by atoms with Gasteiger partial charge in [0, 0.05) is 0 Å². The predicted octanol–water partition coefficient (Wildman–Crippen LogP) is 4.50. The van der Waals surface area contributed by atoms with E-state index in [4.69, 9.17) is 8.60 Å². The van der Waals surface area contributed by atoms with Crippen LogP contribution in [0.15, 0.2) is 74.9 Å². The molecule has 0 N–H and O–H groups in total. The fourth-order valence-corrected chi connectivity index (χ4v) is 4.88. The number of benzene rings is 3. The number of hydrogen-bond donors (Lipinski definition) is 0. The van der Waals surface area contributed by atoms with E-state index in [0.717, 1.165) is 29.8 Å². The lowest BCUT2D eigenvalue weighted by Gasteiger charge is -2.10. The standard InChI is InChI=1S/C22H18FNO6S2/c1-3-31(25,26)17-9-11-21-19(13-17)24-22(29-21)18-12-14(2)4-10-20(18)30-32(27,28)16-7-5-15(23)6-8-16/h4-13H,3H2,1-2H3. The van der Waals surface area contributed by atoms with E-state index in [1.54, 1.807) is 26.0 Å². The van der Waals surface area contributed by atoms with Gasteiger partial charge in [0.15, 0.2) is 21.2 Å². The zero-order valence-corrected chi connectivity index (χ0v) is 18.7. The molecule has 0 amide bonds. The molecule has 0 fully saturated rings. The van der Waals surface area contributed by atoms with E-state index in [9.17, 15) is 21.2 Å². The maximum atomic E-state index is 13.2. The number of fused-ring (bicyclic) bond motifs is 1. The van der Waals surface area contributed by atoms with E-state index in [2.05, 4.69) is 4.98 Å². The Kier molecular flexibility index (Phi) is 5.51. The van der Waals surface area contributed by atoms with Gasteiger partial charge < -0.3 is 8.60 Å². The van der Waals surface area contributed by atoms with Gasteiger partial charge in [0.2, 0.25) is 5.89 Å². The molecule has 1 aromatic heterocycles. The molecular formula is C22H18FNO6S2. The Morgan fingerprint density at radius 1 is 0.938 bits per heavy atom. The minimum Gasteiger partial charge on any atom is -0.436 e. The highest BCUT2D eigenvalue weighted by atomic mass is 32.2. The molecule has 4 aromatic rings. The van der Waals surface area contributed by atoms with Crippen LogP contribution < -0.4 is 4.18 Å². The molecule has 1 heterocycles. The number of aryl methyl sites for hydroxylation is 1. The number of oxazole rings is 1. The second-order valence-electron chi connectivity index (χ2n) is 7.04. The lowest BCUT2D eigenvalue weighted by atomic mass is 10.1. The number of rotatable bonds is 6. The van der Waals surface area contributed by atoms with Crippen molar-refractivity contribution in [3.63, 3.8) is 0 Å². The van der Waals surface area contributed by atoms with Crippen LogP contribution >= 0.6 is 0 Å². The third-order valence-electron chi connectivity index (χ3n) is 4.77. The quantitative estimate of drug-likeness (QED) is 0.378. The molecule has 3 aromatic carbocycles. The molecule has 10 heteroatoms. The molecule has 0 radical (unpaired) electrons. The molecule has 0 saturated heterocycles. The molecule has 0 aliphatic heterocycles. The highest BCUT2D eigenvalue weighted by Gasteiger charge is 2.22. The highest BCUT2D eigenvalue weighted by Crippen LogP contribution is 2.35. The van der Waals surface area contributed by atoms with Crippen LogP contribution in [0.3, 0.4) is 0 Å². The number of aromatic nitrogens is 1. The van der Waals surface area contributed by atoms with Gasteiger partial charge in [-0.3, -0.25) is 0 Å². The van der Waals surface area contributed by atoms with E-state index < -0.39 is 25.8 Å². The maximum Gasteiger partial charge on any atom is 0.339 e. The van der Waals surface area contributed by atoms with Gasteiger partial charge in [0.1, 0.15) is 16.2 Å². The molecule has 7 nitrogen and oxygen atoms in total. The van der Waals surface area contributed by atoms with Crippen LogP contribution in [0.25, 0.3) is 22.6 Å². The lowest BCUT2D eigenvalue weighted by molar-refractivity contribution is 0.485. The fourth-order valence-electron chi connectivity index (χ4n) is 3.03. The fraction of sp³-hybridized carbons (Fsp3) is 0.136. The average molecular weight is 476 g/mol. The number of hydrogen-bond acceptors (Lipinski definition) is 7. The zero-order valence-electron chi connectivity index (χ0n) is 17.1. The first-order chi connectivity index (χ1) is 15.1. The van der Waals surface area contributed by atoms with Crippen LogP contribution in [-0.2, 0) is 20.0 Å². The summed E-state index contributed by atoms with van der Waals surface area (Å²) in [6.07, 6.45) is 0. The molecule has 0 atom stereocenters. The summed E-state index contributed by atoms with van der Waals surface area (Å²) in [6, 6.07) is 13.4. The monoisotopic (exact) mass is 475 g/mol. The molecule has 0 spiro atoms. The Bertz CT molecular complexity index is 1520. The van der Waals surface area contributed by atoms with Crippen LogP contribution in [0, 0.1) is 12.7 Å². The summed E-state index contributed by atoms with van der Waals surface area (Å²) in [5, 5.41) is 0. The van der Waals surface area contributed by atoms with Gasteiger partial charge in [-0.05, 0) is 61.5 Å². The van der Waals surface area contributed by atoms with E-state index in [1.807, 2.05) is 0 Å². The summed E-state index contributed by atoms with van der Waals surface area (Å²) in [5.41, 5.74) is 1.71.